The number of carbonyl (C=O) groups excluding carboxylic acids is 1. The van der Waals surface area contributed by atoms with Crippen LogP contribution in [0.1, 0.15) is 5.56 Å². The Labute approximate surface area is 102 Å². The molecule has 4 nitrogen and oxygen atoms in total. The maximum Gasteiger partial charge on any atom is 0.231 e. The van der Waals surface area contributed by atoms with Crippen molar-refractivity contribution in [2.45, 2.75) is 6.42 Å². The van der Waals surface area contributed by atoms with E-state index >= 15 is 0 Å². The van der Waals surface area contributed by atoms with Gasteiger partial charge in [-0.25, -0.2) is 0 Å². The Kier molecular flexibility index (Phi) is 3.33. The minimum absolute atomic E-state index is 0.176. The first-order valence-corrected chi connectivity index (χ1v) is 5.74. The number of anilines is 1. The zero-order valence-corrected chi connectivity index (χ0v) is 10.6. The molecule has 0 fully saturated rings. The van der Waals surface area contributed by atoms with Crippen LogP contribution in [0, 0.1) is 0 Å². The van der Waals surface area contributed by atoms with E-state index in [2.05, 4.69) is 4.90 Å². The lowest BCUT2D eigenvalue weighted by Gasteiger charge is -2.20. The standard InChI is InChI=1S/C13H18N2O2/c1-14(2)6-7-15-12-5-4-11(17-3)8-10(12)9-13(15)16/h4-5,8H,6-7,9H2,1-3H3. The van der Waals surface area contributed by atoms with Crippen LogP contribution in [-0.2, 0) is 11.2 Å². The highest BCUT2D eigenvalue weighted by molar-refractivity contribution is 6.01. The second-order valence-electron chi connectivity index (χ2n) is 4.52. The summed E-state index contributed by atoms with van der Waals surface area (Å²) in [6.45, 7) is 1.61. The number of rotatable bonds is 4. The summed E-state index contributed by atoms with van der Waals surface area (Å²) < 4.78 is 5.17. The summed E-state index contributed by atoms with van der Waals surface area (Å²) in [6, 6.07) is 5.82. The van der Waals surface area contributed by atoms with Gasteiger partial charge in [0.25, 0.3) is 0 Å². The van der Waals surface area contributed by atoms with Gasteiger partial charge in [0.1, 0.15) is 5.75 Å². The Morgan fingerprint density at radius 1 is 1.41 bits per heavy atom. The summed E-state index contributed by atoms with van der Waals surface area (Å²) in [7, 11) is 5.66. The molecule has 92 valence electrons. The van der Waals surface area contributed by atoms with Gasteiger partial charge >= 0.3 is 0 Å². The Bertz CT molecular complexity index is 429. The Morgan fingerprint density at radius 2 is 2.18 bits per heavy atom. The van der Waals surface area contributed by atoms with E-state index in [1.54, 1.807) is 7.11 Å². The van der Waals surface area contributed by atoms with Crippen LogP contribution in [0.25, 0.3) is 0 Å². The Hall–Kier alpha value is -1.55. The van der Waals surface area contributed by atoms with Crippen molar-refractivity contribution < 1.29 is 9.53 Å². The van der Waals surface area contributed by atoms with E-state index in [1.165, 1.54) is 0 Å². The molecule has 0 spiro atoms. The lowest BCUT2D eigenvalue weighted by Crippen LogP contribution is -2.33. The maximum absolute atomic E-state index is 11.9. The summed E-state index contributed by atoms with van der Waals surface area (Å²) in [6.07, 6.45) is 0.486. The van der Waals surface area contributed by atoms with Crippen LogP contribution >= 0.6 is 0 Å². The summed E-state index contributed by atoms with van der Waals surface area (Å²) in [4.78, 5) is 15.8. The van der Waals surface area contributed by atoms with Crippen LogP contribution in [0.15, 0.2) is 18.2 Å². The molecular weight excluding hydrogens is 216 g/mol. The van der Waals surface area contributed by atoms with Crippen molar-refractivity contribution in [1.29, 1.82) is 0 Å². The molecule has 1 aromatic carbocycles. The van der Waals surface area contributed by atoms with Crippen LogP contribution < -0.4 is 9.64 Å². The van der Waals surface area contributed by atoms with Crippen molar-refractivity contribution in [2.75, 3.05) is 39.2 Å². The molecular formula is C13H18N2O2. The Morgan fingerprint density at radius 3 is 2.82 bits per heavy atom. The number of nitrogens with zero attached hydrogens (tertiary/aromatic N) is 2. The molecule has 4 heteroatoms. The smallest absolute Gasteiger partial charge is 0.231 e. The second-order valence-corrected chi connectivity index (χ2v) is 4.52. The van der Waals surface area contributed by atoms with Gasteiger partial charge in [0.15, 0.2) is 0 Å². The monoisotopic (exact) mass is 234 g/mol. The molecule has 0 aliphatic carbocycles. The van der Waals surface area contributed by atoms with Crippen molar-refractivity contribution >= 4 is 11.6 Å². The fourth-order valence-electron chi connectivity index (χ4n) is 2.03. The minimum Gasteiger partial charge on any atom is -0.497 e. The van der Waals surface area contributed by atoms with Gasteiger partial charge in [-0.2, -0.15) is 0 Å². The summed E-state index contributed by atoms with van der Waals surface area (Å²) >= 11 is 0. The van der Waals surface area contributed by atoms with E-state index in [0.717, 1.165) is 30.1 Å². The molecule has 17 heavy (non-hydrogen) atoms. The predicted molar refractivity (Wildman–Crippen MR) is 67.6 cm³/mol. The lowest BCUT2D eigenvalue weighted by atomic mass is 10.1. The van der Waals surface area contributed by atoms with E-state index in [1.807, 2.05) is 37.2 Å². The molecule has 0 bridgehead atoms. The van der Waals surface area contributed by atoms with Gasteiger partial charge in [0.2, 0.25) is 5.91 Å². The third-order valence-electron chi connectivity index (χ3n) is 2.99. The van der Waals surface area contributed by atoms with Crippen LogP contribution in [-0.4, -0.2) is 45.1 Å². The fourth-order valence-corrected chi connectivity index (χ4v) is 2.03. The normalized spacial score (nSPS) is 14.4. The van der Waals surface area contributed by atoms with E-state index < -0.39 is 0 Å². The highest BCUT2D eigenvalue weighted by Crippen LogP contribution is 2.31. The Balaban J connectivity index is 2.19. The topological polar surface area (TPSA) is 32.8 Å². The zero-order valence-electron chi connectivity index (χ0n) is 10.6. The molecule has 1 aliphatic rings. The van der Waals surface area contributed by atoms with Crippen molar-refractivity contribution in [2.24, 2.45) is 0 Å². The molecule has 1 amide bonds. The number of ether oxygens (including phenoxy) is 1. The molecule has 0 saturated carbocycles. The number of likely N-dealkylation sites (N-methyl/N-ethyl adjacent to an activating group) is 1. The van der Waals surface area contributed by atoms with Crippen LogP contribution in [0.4, 0.5) is 5.69 Å². The predicted octanol–water partition coefficient (Wildman–Crippen LogP) is 1.15. The minimum atomic E-state index is 0.176. The molecule has 1 aliphatic heterocycles. The van der Waals surface area contributed by atoms with E-state index in [4.69, 9.17) is 4.74 Å². The molecule has 0 saturated heterocycles. The average Bonchev–Trinajstić information content (AvgIpc) is 2.60. The molecule has 0 atom stereocenters. The van der Waals surface area contributed by atoms with Crippen molar-refractivity contribution in [1.82, 2.24) is 4.90 Å². The first-order valence-electron chi connectivity index (χ1n) is 5.74. The van der Waals surface area contributed by atoms with Gasteiger partial charge < -0.3 is 14.5 Å². The quantitative estimate of drug-likeness (QED) is 0.783. The van der Waals surface area contributed by atoms with Crippen molar-refractivity contribution in [3.05, 3.63) is 23.8 Å². The third-order valence-corrected chi connectivity index (χ3v) is 2.99. The number of hydrogen-bond donors (Lipinski definition) is 0. The fraction of sp³-hybridized carbons (Fsp3) is 0.462. The van der Waals surface area contributed by atoms with E-state index in [-0.39, 0.29) is 5.91 Å². The van der Waals surface area contributed by atoms with Gasteiger partial charge in [-0.05, 0) is 37.9 Å². The van der Waals surface area contributed by atoms with Gasteiger partial charge in [0, 0.05) is 18.8 Å². The molecule has 1 heterocycles. The number of methoxy groups -OCH3 is 1. The highest BCUT2D eigenvalue weighted by atomic mass is 16.5. The van der Waals surface area contributed by atoms with Crippen molar-refractivity contribution in [3.8, 4) is 5.75 Å². The number of hydrogen-bond acceptors (Lipinski definition) is 3. The zero-order chi connectivity index (χ0) is 12.4. The number of benzene rings is 1. The summed E-state index contributed by atoms with van der Waals surface area (Å²) in [5.74, 6) is 0.987. The first kappa shape index (κ1) is 11.9. The number of fused-ring (bicyclic) bond motifs is 1. The van der Waals surface area contributed by atoms with Gasteiger partial charge in [-0.1, -0.05) is 0 Å². The summed E-state index contributed by atoms with van der Waals surface area (Å²) in [5, 5.41) is 0. The van der Waals surface area contributed by atoms with Crippen molar-refractivity contribution in [3.63, 3.8) is 0 Å². The van der Waals surface area contributed by atoms with E-state index in [0.29, 0.717) is 6.42 Å². The molecule has 0 unspecified atom stereocenters. The SMILES string of the molecule is COc1ccc2c(c1)CC(=O)N2CCN(C)C. The second kappa shape index (κ2) is 4.75. The van der Waals surface area contributed by atoms with Crippen LogP contribution in [0.3, 0.4) is 0 Å². The first-order chi connectivity index (χ1) is 8.11. The largest absolute Gasteiger partial charge is 0.497 e. The number of amides is 1. The van der Waals surface area contributed by atoms with Gasteiger partial charge in [-0.15, -0.1) is 0 Å². The maximum atomic E-state index is 11.9. The average molecular weight is 234 g/mol. The molecule has 2 rings (SSSR count). The lowest BCUT2D eigenvalue weighted by molar-refractivity contribution is -0.117. The molecule has 0 aromatic heterocycles. The third kappa shape index (κ3) is 2.42. The van der Waals surface area contributed by atoms with E-state index in [9.17, 15) is 4.79 Å². The molecule has 0 radical (unpaired) electrons. The van der Waals surface area contributed by atoms with Crippen LogP contribution in [0.2, 0.25) is 0 Å². The molecule has 1 aromatic rings. The highest BCUT2D eigenvalue weighted by Gasteiger charge is 2.27. The summed E-state index contributed by atoms with van der Waals surface area (Å²) in [5.41, 5.74) is 2.09. The van der Waals surface area contributed by atoms with Gasteiger partial charge in [0.05, 0.1) is 13.5 Å². The number of carbonyl (C=O) groups is 1. The van der Waals surface area contributed by atoms with Crippen LogP contribution in [0.5, 0.6) is 5.75 Å². The van der Waals surface area contributed by atoms with Gasteiger partial charge in [-0.3, -0.25) is 4.79 Å². The molecule has 0 N–H and O–H groups in total.